The minimum Gasteiger partial charge on any atom is -0.424 e. The molecule has 0 amide bonds. The highest BCUT2D eigenvalue weighted by molar-refractivity contribution is 9.15. The van der Waals surface area contributed by atoms with Gasteiger partial charge in [-0.25, -0.2) is 0 Å². The maximum absolute atomic E-state index is 12.5. The zero-order valence-corrected chi connectivity index (χ0v) is 17.3. The van der Waals surface area contributed by atoms with Crippen molar-refractivity contribution in [1.29, 1.82) is 0 Å². The van der Waals surface area contributed by atoms with E-state index in [1.54, 1.807) is 20.8 Å². The lowest BCUT2D eigenvalue weighted by Gasteiger charge is -2.20. The summed E-state index contributed by atoms with van der Waals surface area (Å²) in [6, 6.07) is 9.54. The standard InChI is InChI=1S/C18H19BrCl2N2O2/c1-18(2,3)17(24)25-16(15(19)11-7-5-4-6-8-11)14-12(9-20)22-23-13(14)10-21/h4-8H,9-10H2,1-3H3,(H,22,23). The highest BCUT2D eigenvalue weighted by Gasteiger charge is 2.29. The van der Waals surface area contributed by atoms with Gasteiger partial charge >= 0.3 is 5.97 Å². The summed E-state index contributed by atoms with van der Waals surface area (Å²) >= 11 is 15.6. The number of H-pyrrole nitrogens is 1. The van der Waals surface area contributed by atoms with Crippen molar-refractivity contribution in [2.45, 2.75) is 32.5 Å². The fourth-order valence-corrected chi connectivity index (χ4v) is 2.98. The zero-order valence-electron chi connectivity index (χ0n) is 14.2. The van der Waals surface area contributed by atoms with E-state index in [-0.39, 0.29) is 17.7 Å². The van der Waals surface area contributed by atoms with Gasteiger partial charge in [-0.15, -0.1) is 23.2 Å². The Labute approximate surface area is 165 Å². The Kier molecular flexibility index (Phi) is 6.72. The number of nitrogens with one attached hydrogen (secondary N) is 1. The number of ether oxygens (including phenoxy) is 1. The molecule has 0 saturated heterocycles. The minimum atomic E-state index is -0.665. The summed E-state index contributed by atoms with van der Waals surface area (Å²) < 4.78 is 6.41. The normalized spacial score (nSPS) is 12.7. The highest BCUT2D eigenvalue weighted by atomic mass is 79.9. The molecule has 0 bridgehead atoms. The van der Waals surface area contributed by atoms with Gasteiger partial charge in [0.25, 0.3) is 0 Å². The molecule has 0 aliphatic heterocycles. The molecule has 25 heavy (non-hydrogen) atoms. The molecule has 0 unspecified atom stereocenters. The molecule has 1 N–H and O–H groups in total. The Morgan fingerprint density at radius 2 is 1.84 bits per heavy atom. The monoisotopic (exact) mass is 444 g/mol. The molecule has 0 aliphatic rings. The van der Waals surface area contributed by atoms with Gasteiger partial charge in [0.1, 0.15) is 0 Å². The van der Waals surface area contributed by atoms with Crippen LogP contribution in [0.1, 0.15) is 43.3 Å². The van der Waals surface area contributed by atoms with E-state index in [4.69, 9.17) is 27.9 Å². The third kappa shape index (κ3) is 4.66. The van der Waals surface area contributed by atoms with Crippen LogP contribution in [-0.2, 0) is 21.3 Å². The SMILES string of the molecule is CC(C)(C)C(=O)OC(=C(Br)c1ccccc1)c1c(CCl)n[nH]c1CCl. The third-order valence-corrected chi connectivity index (χ3v) is 4.78. The van der Waals surface area contributed by atoms with Crippen LogP contribution >= 0.6 is 39.1 Å². The van der Waals surface area contributed by atoms with Crippen LogP contribution in [0.4, 0.5) is 0 Å². The summed E-state index contributed by atoms with van der Waals surface area (Å²) in [5.74, 6) is 0.336. The van der Waals surface area contributed by atoms with Crippen molar-refractivity contribution in [3.8, 4) is 0 Å². The summed E-state index contributed by atoms with van der Waals surface area (Å²) in [4.78, 5) is 12.5. The molecule has 134 valence electrons. The average molecular weight is 446 g/mol. The number of halogens is 3. The van der Waals surface area contributed by atoms with Gasteiger partial charge in [0.05, 0.1) is 38.6 Å². The van der Waals surface area contributed by atoms with Crippen molar-refractivity contribution in [3.05, 3.63) is 52.8 Å². The predicted octanol–water partition coefficient (Wildman–Crippen LogP) is 5.70. The van der Waals surface area contributed by atoms with E-state index in [2.05, 4.69) is 26.1 Å². The van der Waals surface area contributed by atoms with Gasteiger partial charge in [0, 0.05) is 0 Å². The molecular weight excluding hydrogens is 427 g/mol. The minimum absolute atomic E-state index is 0.161. The molecule has 0 fully saturated rings. The van der Waals surface area contributed by atoms with Crippen LogP contribution in [0.15, 0.2) is 30.3 Å². The number of rotatable bonds is 5. The molecule has 2 rings (SSSR count). The van der Waals surface area contributed by atoms with E-state index in [0.717, 1.165) is 5.56 Å². The second-order valence-electron chi connectivity index (χ2n) is 6.44. The topological polar surface area (TPSA) is 55.0 Å². The van der Waals surface area contributed by atoms with Crippen molar-refractivity contribution < 1.29 is 9.53 Å². The zero-order chi connectivity index (χ0) is 18.6. The number of aromatic amines is 1. The number of nitrogens with zero attached hydrogens (tertiary/aromatic N) is 1. The van der Waals surface area contributed by atoms with Gasteiger partial charge < -0.3 is 4.74 Å². The van der Waals surface area contributed by atoms with Crippen molar-refractivity contribution in [3.63, 3.8) is 0 Å². The average Bonchev–Trinajstić information content (AvgIpc) is 3.01. The summed E-state index contributed by atoms with van der Waals surface area (Å²) in [5, 5.41) is 7.05. The van der Waals surface area contributed by atoms with Gasteiger partial charge in [-0.05, 0) is 42.3 Å². The lowest BCUT2D eigenvalue weighted by atomic mass is 9.97. The Hall–Kier alpha value is -1.30. The van der Waals surface area contributed by atoms with Gasteiger partial charge in [0.2, 0.25) is 0 Å². The highest BCUT2D eigenvalue weighted by Crippen LogP contribution is 2.37. The number of aromatic nitrogens is 2. The smallest absolute Gasteiger partial charge is 0.316 e. The van der Waals surface area contributed by atoms with E-state index in [1.165, 1.54) is 0 Å². The molecule has 0 saturated carbocycles. The molecule has 7 heteroatoms. The first-order chi connectivity index (χ1) is 11.8. The Morgan fingerprint density at radius 1 is 1.20 bits per heavy atom. The molecule has 2 aromatic rings. The van der Waals surface area contributed by atoms with Crippen LogP contribution in [0.3, 0.4) is 0 Å². The van der Waals surface area contributed by atoms with Crippen molar-refractivity contribution >= 4 is 55.3 Å². The fourth-order valence-electron chi connectivity index (χ4n) is 2.05. The maximum Gasteiger partial charge on any atom is 0.316 e. The first-order valence-electron chi connectivity index (χ1n) is 7.65. The van der Waals surface area contributed by atoms with Crippen molar-refractivity contribution in [2.75, 3.05) is 0 Å². The number of benzene rings is 1. The van der Waals surface area contributed by atoms with Crippen LogP contribution in [0.2, 0.25) is 0 Å². The summed E-state index contributed by atoms with van der Waals surface area (Å²) in [7, 11) is 0. The fraction of sp³-hybridized carbons (Fsp3) is 0.333. The summed E-state index contributed by atoms with van der Waals surface area (Å²) in [5.41, 5.74) is 2.02. The van der Waals surface area contributed by atoms with E-state index < -0.39 is 5.41 Å². The van der Waals surface area contributed by atoms with Crippen LogP contribution < -0.4 is 0 Å². The lowest BCUT2D eigenvalue weighted by molar-refractivity contribution is -0.145. The van der Waals surface area contributed by atoms with Gasteiger partial charge in [-0.2, -0.15) is 5.10 Å². The number of hydrogen-bond donors (Lipinski definition) is 1. The Bertz CT molecular complexity index is 759. The molecular formula is C18H19BrCl2N2O2. The summed E-state index contributed by atoms with van der Waals surface area (Å²) in [6.07, 6.45) is 0. The second kappa shape index (κ2) is 8.39. The first kappa shape index (κ1) is 20.0. The van der Waals surface area contributed by atoms with Gasteiger partial charge in [-0.1, -0.05) is 30.3 Å². The van der Waals surface area contributed by atoms with Crippen molar-refractivity contribution in [1.82, 2.24) is 10.2 Å². The molecule has 1 aromatic carbocycles. The number of carbonyl (C=O) groups is 1. The van der Waals surface area contributed by atoms with E-state index >= 15 is 0 Å². The van der Waals surface area contributed by atoms with Gasteiger partial charge in [-0.3, -0.25) is 9.89 Å². The lowest BCUT2D eigenvalue weighted by Crippen LogP contribution is -2.23. The van der Waals surface area contributed by atoms with Crippen LogP contribution in [0.25, 0.3) is 10.2 Å². The molecule has 0 atom stereocenters. The molecule has 0 radical (unpaired) electrons. The Morgan fingerprint density at radius 3 is 2.36 bits per heavy atom. The predicted molar refractivity (Wildman–Crippen MR) is 105 cm³/mol. The molecule has 1 heterocycles. The maximum atomic E-state index is 12.5. The molecule has 0 spiro atoms. The van der Waals surface area contributed by atoms with Crippen LogP contribution in [-0.4, -0.2) is 16.2 Å². The quantitative estimate of drug-likeness (QED) is 0.365. The van der Waals surface area contributed by atoms with Gasteiger partial charge in [0.15, 0.2) is 5.76 Å². The van der Waals surface area contributed by atoms with E-state index in [0.29, 0.717) is 27.2 Å². The van der Waals surface area contributed by atoms with Crippen LogP contribution in [0, 0.1) is 5.41 Å². The Balaban J connectivity index is 2.66. The summed E-state index contributed by atoms with van der Waals surface area (Å²) in [6.45, 7) is 5.39. The molecule has 4 nitrogen and oxygen atoms in total. The van der Waals surface area contributed by atoms with E-state index in [9.17, 15) is 4.79 Å². The third-order valence-electron chi connectivity index (χ3n) is 3.44. The van der Waals surface area contributed by atoms with Crippen molar-refractivity contribution in [2.24, 2.45) is 5.41 Å². The first-order valence-corrected chi connectivity index (χ1v) is 9.51. The molecule has 1 aromatic heterocycles. The van der Waals surface area contributed by atoms with Crippen LogP contribution in [0.5, 0.6) is 0 Å². The number of alkyl halides is 2. The number of carbonyl (C=O) groups excluding carboxylic acids is 1. The largest absolute Gasteiger partial charge is 0.424 e. The second-order valence-corrected chi connectivity index (χ2v) is 7.77. The van der Waals surface area contributed by atoms with E-state index in [1.807, 2.05) is 30.3 Å². The molecule has 0 aliphatic carbocycles. The number of hydrogen-bond acceptors (Lipinski definition) is 3. The number of esters is 1.